The molecule has 1 heterocycles. The Kier molecular flexibility index (Phi) is 3.02. The highest BCUT2D eigenvalue weighted by Gasteiger charge is 2.08. The van der Waals surface area contributed by atoms with Crippen LogP contribution >= 0.6 is 0 Å². The van der Waals surface area contributed by atoms with Crippen LogP contribution in [0.2, 0.25) is 0 Å². The summed E-state index contributed by atoms with van der Waals surface area (Å²) in [5.74, 6) is -0.231. The fourth-order valence-electron chi connectivity index (χ4n) is 1.96. The number of fused-ring (bicyclic) bond motifs is 1. The summed E-state index contributed by atoms with van der Waals surface area (Å²) in [5.41, 5.74) is 9.12. The van der Waals surface area contributed by atoms with Crippen LogP contribution < -0.4 is 11.1 Å². The van der Waals surface area contributed by atoms with E-state index in [0.29, 0.717) is 6.42 Å². The molecular formula is C12H16N2O. The molecule has 3 heteroatoms. The van der Waals surface area contributed by atoms with Crippen molar-refractivity contribution >= 4 is 5.91 Å². The van der Waals surface area contributed by atoms with Crippen LogP contribution in [0.1, 0.15) is 23.1 Å². The summed E-state index contributed by atoms with van der Waals surface area (Å²) in [7, 11) is 0. The molecule has 0 atom stereocenters. The number of primary amides is 1. The van der Waals surface area contributed by atoms with Crippen molar-refractivity contribution in [3.8, 4) is 0 Å². The SMILES string of the molecule is NC(=O)CCc1ccc2c(c1)CNCC2. The lowest BCUT2D eigenvalue weighted by Gasteiger charge is -2.17. The molecule has 1 amide bonds. The Morgan fingerprint density at radius 1 is 1.40 bits per heavy atom. The molecule has 1 aromatic rings. The first-order chi connectivity index (χ1) is 7.25. The summed E-state index contributed by atoms with van der Waals surface area (Å²) in [6.07, 6.45) is 2.29. The van der Waals surface area contributed by atoms with E-state index in [-0.39, 0.29) is 5.91 Å². The van der Waals surface area contributed by atoms with Crippen molar-refractivity contribution in [2.45, 2.75) is 25.8 Å². The monoisotopic (exact) mass is 204 g/mol. The van der Waals surface area contributed by atoms with E-state index >= 15 is 0 Å². The zero-order valence-electron chi connectivity index (χ0n) is 8.75. The molecule has 0 aliphatic carbocycles. The Hall–Kier alpha value is -1.35. The predicted octanol–water partition coefficient (Wildman–Crippen LogP) is 0.750. The van der Waals surface area contributed by atoms with Crippen LogP contribution in [0.4, 0.5) is 0 Å². The number of aryl methyl sites for hydroxylation is 1. The predicted molar refractivity (Wildman–Crippen MR) is 59.4 cm³/mol. The molecule has 1 aliphatic heterocycles. The van der Waals surface area contributed by atoms with Crippen molar-refractivity contribution in [3.05, 3.63) is 34.9 Å². The highest BCUT2D eigenvalue weighted by Crippen LogP contribution is 2.16. The normalized spacial score (nSPS) is 14.7. The van der Waals surface area contributed by atoms with Gasteiger partial charge in [0.15, 0.2) is 0 Å². The van der Waals surface area contributed by atoms with E-state index in [2.05, 4.69) is 23.5 Å². The van der Waals surface area contributed by atoms with Crippen LogP contribution in [0.15, 0.2) is 18.2 Å². The minimum absolute atomic E-state index is 0.231. The zero-order valence-corrected chi connectivity index (χ0v) is 8.75. The molecule has 0 radical (unpaired) electrons. The Balaban J connectivity index is 2.10. The second-order valence-corrected chi connectivity index (χ2v) is 4.00. The highest BCUT2D eigenvalue weighted by molar-refractivity contribution is 5.74. The minimum Gasteiger partial charge on any atom is -0.370 e. The molecule has 0 bridgehead atoms. The standard InChI is InChI=1S/C12H16N2O/c13-12(15)4-2-9-1-3-10-5-6-14-8-11(10)7-9/h1,3,7,14H,2,4-6,8H2,(H2,13,15). The third kappa shape index (κ3) is 2.57. The summed E-state index contributed by atoms with van der Waals surface area (Å²) in [5, 5.41) is 3.34. The maximum absolute atomic E-state index is 10.7. The van der Waals surface area contributed by atoms with Crippen LogP contribution in [-0.4, -0.2) is 12.5 Å². The number of benzene rings is 1. The number of nitrogens with two attached hydrogens (primary N) is 1. The van der Waals surface area contributed by atoms with Crippen molar-refractivity contribution in [2.24, 2.45) is 5.73 Å². The Morgan fingerprint density at radius 3 is 3.07 bits per heavy atom. The van der Waals surface area contributed by atoms with Gasteiger partial charge in [0.05, 0.1) is 0 Å². The smallest absolute Gasteiger partial charge is 0.217 e. The van der Waals surface area contributed by atoms with Crippen molar-refractivity contribution in [2.75, 3.05) is 6.54 Å². The van der Waals surface area contributed by atoms with Gasteiger partial charge in [-0.2, -0.15) is 0 Å². The van der Waals surface area contributed by atoms with Crippen molar-refractivity contribution in [1.29, 1.82) is 0 Å². The van der Waals surface area contributed by atoms with Gasteiger partial charge in [0.25, 0.3) is 0 Å². The molecule has 0 saturated heterocycles. The maximum Gasteiger partial charge on any atom is 0.217 e. The van der Waals surface area contributed by atoms with E-state index in [9.17, 15) is 4.79 Å². The first-order valence-corrected chi connectivity index (χ1v) is 5.35. The first-order valence-electron chi connectivity index (χ1n) is 5.35. The second-order valence-electron chi connectivity index (χ2n) is 4.00. The largest absolute Gasteiger partial charge is 0.370 e. The van der Waals surface area contributed by atoms with E-state index < -0.39 is 0 Å². The maximum atomic E-state index is 10.7. The van der Waals surface area contributed by atoms with Gasteiger partial charge in [-0.05, 0) is 36.1 Å². The number of hydrogen-bond acceptors (Lipinski definition) is 2. The molecule has 0 spiro atoms. The molecule has 0 fully saturated rings. The molecule has 3 nitrogen and oxygen atoms in total. The number of hydrogen-bond donors (Lipinski definition) is 2. The van der Waals surface area contributed by atoms with Crippen molar-refractivity contribution < 1.29 is 4.79 Å². The molecule has 0 aromatic heterocycles. The Morgan fingerprint density at radius 2 is 2.27 bits per heavy atom. The van der Waals surface area contributed by atoms with Crippen LogP contribution in [0.5, 0.6) is 0 Å². The van der Waals surface area contributed by atoms with E-state index in [1.807, 2.05) is 0 Å². The molecule has 3 N–H and O–H groups in total. The van der Waals surface area contributed by atoms with Crippen molar-refractivity contribution in [3.63, 3.8) is 0 Å². The minimum atomic E-state index is -0.231. The zero-order chi connectivity index (χ0) is 10.7. The lowest BCUT2D eigenvalue weighted by molar-refractivity contribution is -0.117. The quantitative estimate of drug-likeness (QED) is 0.763. The molecule has 1 aromatic carbocycles. The van der Waals surface area contributed by atoms with Crippen LogP contribution in [-0.2, 0) is 24.2 Å². The van der Waals surface area contributed by atoms with Gasteiger partial charge < -0.3 is 11.1 Å². The summed E-state index contributed by atoms with van der Waals surface area (Å²) < 4.78 is 0. The molecule has 1 aliphatic rings. The fraction of sp³-hybridized carbons (Fsp3) is 0.417. The van der Waals surface area contributed by atoms with E-state index in [4.69, 9.17) is 5.73 Å². The van der Waals surface area contributed by atoms with Gasteiger partial charge in [-0.1, -0.05) is 18.2 Å². The van der Waals surface area contributed by atoms with E-state index in [0.717, 1.165) is 25.9 Å². The molecule has 2 rings (SSSR count). The number of nitrogens with one attached hydrogen (secondary N) is 1. The van der Waals surface area contributed by atoms with Crippen LogP contribution in [0, 0.1) is 0 Å². The lowest BCUT2D eigenvalue weighted by Crippen LogP contribution is -2.23. The van der Waals surface area contributed by atoms with Gasteiger partial charge in [0, 0.05) is 13.0 Å². The van der Waals surface area contributed by atoms with Gasteiger partial charge in [0.2, 0.25) is 5.91 Å². The average molecular weight is 204 g/mol. The summed E-state index contributed by atoms with van der Waals surface area (Å²) in [6, 6.07) is 6.46. The van der Waals surface area contributed by atoms with Gasteiger partial charge in [-0.15, -0.1) is 0 Å². The number of amides is 1. The van der Waals surface area contributed by atoms with E-state index in [1.54, 1.807) is 0 Å². The number of carbonyl (C=O) groups excluding carboxylic acids is 1. The summed E-state index contributed by atoms with van der Waals surface area (Å²) in [4.78, 5) is 10.7. The third-order valence-corrected chi connectivity index (χ3v) is 2.82. The summed E-state index contributed by atoms with van der Waals surface area (Å²) >= 11 is 0. The molecule has 80 valence electrons. The van der Waals surface area contributed by atoms with Crippen molar-refractivity contribution in [1.82, 2.24) is 5.32 Å². The first kappa shape index (κ1) is 10.2. The number of carbonyl (C=O) groups is 1. The Labute approximate surface area is 89.7 Å². The van der Waals surface area contributed by atoms with Gasteiger partial charge >= 0.3 is 0 Å². The van der Waals surface area contributed by atoms with Gasteiger partial charge in [0.1, 0.15) is 0 Å². The molecule has 0 unspecified atom stereocenters. The average Bonchev–Trinajstić information content (AvgIpc) is 2.26. The van der Waals surface area contributed by atoms with Crippen LogP contribution in [0.25, 0.3) is 0 Å². The van der Waals surface area contributed by atoms with Crippen LogP contribution in [0.3, 0.4) is 0 Å². The van der Waals surface area contributed by atoms with E-state index in [1.165, 1.54) is 16.7 Å². The fourth-order valence-corrected chi connectivity index (χ4v) is 1.96. The Bertz CT molecular complexity index is 374. The second kappa shape index (κ2) is 4.45. The topological polar surface area (TPSA) is 55.1 Å². The molecule has 0 saturated carbocycles. The third-order valence-electron chi connectivity index (χ3n) is 2.82. The molecular weight excluding hydrogens is 188 g/mol. The molecule has 15 heavy (non-hydrogen) atoms. The lowest BCUT2D eigenvalue weighted by atomic mass is 9.97. The number of rotatable bonds is 3. The van der Waals surface area contributed by atoms with Gasteiger partial charge in [-0.25, -0.2) is 0 Å². The summed E-state index contributed by atoms with van der Waals surface area (Å²) in [6.45, 7) is 2.01. The van der Waals surface area contributed by atoms with Gasteiger partial charge in [-0.3, -0.25) is 4.79 Å². The highest BCUT2D eigenvalue weighted by atomic mass is 16.1.